The van der Waals surface area contributed by atoms with E-state index in [9.17, 15) is 0 Å². The largest absolute Gasteiger partial charge is 0.381 e. The molecule has 0 saturated carbocycles. The molecule has 0 heterocycles. The van der Waals surface area contributed by atoms with E-state index < -0.39 is 0 Å². The average Bonchev–Trinajstić information content (AvgIpc) is 2.06. The van der Waals surface area contributed by atoms with Gasteiger partial charge in [-0.05, 0) is 25.2 Å². The molecule has 0 aliphatic rings. The fraction of sp³-hybridized carbons (Fsp3) is 1.00. The molecule has 0 aromatic carbocycles. The van der Waals surface area contributed by atoms with Crippen LogP contribution in [0.15, 0.2) is 0 Å². The lowest BCUT2D eigenvalue weighted by atomic mass is 10.00. The minimum Gasteiger partial charge on any atom is -0.381 e. The quantitative estimate of drug-likeness (QED) is 0.576. The Hall–Kier alpha value is -0.0400. The number of methoxy groups -OCH3 is 1. The van der Waals surface area contributed by atoms with Gasteiger partial charge in [-0.3, -0.25) is 0 Å². The summed E-state index contributed by atoms with van der Waals surface area (Å²) in [7, 11) is 1.81. The van der Waals surface area contributed by atoms with Crippen LogP contribution in [-0.4, -0.2) is 13.2 Å². The molecule has 11 heavy (non-hydrogen) atoms. The Labute approximate surface area is 71.1 Å². The predicted molar refractivity (Wildman–Crippen MR) is 49.8 cm³/mol. The van der Waals surface area contributed by atoms with Gasteiger partial charge in [-0.1, -0.05) is 27.2 Å². The first kappa shape index (κ1) is 11.0. The molecule has 2 atom stereocenters. The Morgan fingerprint density at radius 2 is 1.73 bits per heavy atom. The van der Waals surface area contributed by atoms with Crippen molar-refractivity contribution in [2.75, 3.05) is 7.11 Å². The number of hydrogen-bond donors (Lipinski definition) is 0. The van der Waals surface area contributed by atoms with Crippen molar-refractivity contribution in [1.29, 1.82) is 0 Å². The van der Waals surface area contributed by atoms with Crippen LogP contribution in [0.1, 0.15) is 46.5 Å². The van der Waals surface area contributed by atoms with E-state index in [1.165, 1.54) is 19.3 Å². The molecule has 0 aliphatic heterocycles. The second kappa shape index (κ2) is 6.66. The Morgan fingerprint density at radius 3 is 2.09 bits per heavy atom. The van der Waals surface area contributed by atoms with Crippen LogP contribution in [0.4, 0.5) is 0 Å². The standard InChI is InChI=1S/C10H22O/c1-5-9(3)7-8-10(6-2)11-4/h9-10H,5-8H2,1-4H3. The lowest BCUT2D eigenvalue weighted by Gasteiger charge is -2.15. The Balaban J connectivity index is 3.34. The van der Waals surface area contributed by atoms with Gasteiger partial charge in [0.2, 0.25) is 0 Å². The monoisotopic (exact) mass is 158 g/mol. The van der Waals surface area contributed by atoms with Crippen LogP contribution in [0.3, 0.4) is 0 Å². The van der Waals surface area contributed by atoms with Gasteiger partial charge >= 0.3 is 0 Å². The van der Waals surface area contributed by atoms with Gasteiger partial charge in [0.05, 0.1) is 6.10 Å². The Kier molecular flexibility index (Phi) is 6.63. The third kappa shape index (κ3) is 5.25. The van der Waals surface area contributed by atoms with Gasteiger partial charge in [0.1, 0.15) is 0 Å². The normalized spacial score (nSPS) is 16.4. The highest BCUT2D eigenvalue weighted by molar-refractivity contribution is 4.58. The van der Waals surface area contributed by atoms with Crippen LogP contribution in [-0.2, 0) is 4.74 Å². The maximum atomic E-state index is 5.29. The van der Waals surface area contributed by atoms with Crippen LogP contribution in [0, 0.1) is 5.92 Å². The van der Waals surface area contributed by atoms with Crippen molar-refractivity contribution in [2.45, 2.75) is 52.6 Å². The van der Waals surface area contributed by atoms with Crippen LogP contribution in [0.2, 0.25) is 0 Å². The summed E-state index contributed by atoms with van der Waals surface area (Å²) in [6.07, 6.45) is 5.46. The topological polar surface area (TPSA) is 9.23 Å². The van der Waals surface area contributed by atoms with Crippen molar-refractivity contribution in [2.24, 2.45) is 5.92 Å². The van der Waals surface area contributed by atoms with Crippen LogP contribution >= 0.6 is 0 Å². The average molecular weight is 158 g/mol. The van der Waals surface area contributed by atoms with Gasteiger partial charge in [0.15, 0.2) is 0 Å². The second-order valence-corrected chi connectivity index (χ2v) is 3.36. The first-order chi connectivity index (χ1) is 5.24. The maximum absolute atomic E-state index is 5.29. The third-order valence-corrected chi connectivity index (χ3v) is 2.47. The zero-order valence-corrected chi connectivity index (χ0v) is 8.39. The van der Waals surface area contributed by atoms with Crippen LogP contribution in [0.5, 0.6) is 0 Å². The number of ether oxygens (including phenoxy) is 1. The minimum absolute atomic E-state index is 0.490. The molecule has 0 rings (SSSR count). The van der Waals surface area contributed by atoms with Gasteiger partial charge in [-0.15, -0.1) is 0 Å². The maximum Gasteiger partial charge on any atom is 0.0568 e. The fourth-order valence-corrected chi connectivity index (χ4v) is 1.16. The van der Waals surface area contributed by atoms with Crippen LogP contribution in [0.25, 0.3) is 0 Å². The zero-order valence-electron chi connectivity index (χ0n) is 8.39. The highest BCUT2D eigenvalue weighted by Crippen LogP contribution is 2.14. The summed E-state index contributed by atoms with van der Waals surface area (Å²) in [6, 6.07) is 0. The Morgan fingerprint density at radius 1 is 1.09 bits per heavy atom. The van der Waals surface area contributed by atoms with Gasteiger partial charge in [0, 0.05) is 7.11 Å². The minimum atomic E-state index is 0.490. The molecular formula is C10H22O. The molecule has 0 N–H and O–H groups in total. The van der Waals surface area contributed by atoms with Crippen molar-refractivity contribution >= 4 is 0 Å². The van der Waals surface area contributed by atoms with Gasteiger partial charge < -0.3 is 4.74 Å². The highest BCUT2D eigenvalue weighted by atomic mass is 16.5. The predicted octanol–water partition coefficient (Wildman–Crippen LogP) is 3.24. The molecule has 0 aromatic heterocycles. The van der Waals surface area contributed by atoms with Gasteiger partial charge in [0.25, 0.3) is 0 Å². The summed E-state index contributed by atoms with van der Waals surface area (Å²) in [6.45, 7) is 6.74. The van der Waals surface area contributed by atoms with E-state index in [0.717, 1.165) is 12.3 Å². The highest BCUT2D eigenvalue weighted by Gasteiger charge is 2.06. The van der Waals surface area contributed by atoms with E-state index in [0.29, 0.717) is 6.10 Å². The molecule has 0 radical (unpaired) electrons. The summed E-state index contributed by atoms with van der Waals surface area (Å²) in [5, 5.41) is 0. The van der Waals surface area contributed by atoms with Gasteiger partial charge in [-0.25, -0.2) is 0 Å². The van der Waals surface area contributed by atoms with E-state index in [2.05, 4.69) is 20.8 Å². The first-order valence-electron chi connectivity index (χ1n) is 4.77. The molecule has 1 heteroatoms. The lowest BCUT2D eigenvalue weighted by molar-refractivity contribution is 0.0865. The summed E-state index contributed by atoms with van der Waals surface area (Å²) < 4.78 is 5.29. The summed E-state index contributed by atoms with van der Waals surface area (Å²) in [5.41, 5.74) is 0. The van der Waals surface area contributed by atoms with E-state index in [-0.39, 0.29) is 0 Å². The van der Waals surface area contributed by atoms with E-state index in [1.54, 1.807) is 0 Å². The number of hydrogen-bond acceptors (Lipinski definition) is 1. The smallest absolute Gasteiger partial charge is 0.0568 e. The molecule has 0 saturated heterocycles. The Bertz CT molecular complexity index is 76.9. The molecule has 0 fully saturated rings. The van der Waals surface area contributed by atoms with Crippen molar-refractivity contribution < 1.29 is 4.74 Å². The van der Waals surface area contributed by atoms with Crippen LogP contribution < -0.4 is 0 Å². The van der Waals surface area contributed by atoms with Gasteiger partial charge in [-0.2, -0.15) is 0 Å². The molecule has 0 aromatic rings. The zero-order chi connectivity index (χ0) is 8.69. The molecule has 0 spiro atoms. The summed E-state index contributed by atoms with van der Waals surface area (Å²) >= 11 is 0. The van der Waals surface area contributed by atoms with E-state index in [4.69, 9.17) is 4.74 Å². The molecule has 0 amide bonds. The summed E-state index contributed by atoms with van der Waals surface area (Å²) in [5.74, 6) is 0.860. The molecule has 68 valence electrons. The summed E-state index contributed by atoms with van der Waals surface area (Å²) in [4.78, 5) is 0. The molecule has 0 aliphatic carbocycles. The van der Waals surface area contributed by atoms with Crippen molar-refractivity contribution in [3.05, 3.63) is 0 Å². The fourth-order valence-electron chi connectivity index (χ4n) is 1.16. The second-order valence-electron chi connectivity index (χ2n) is 3.36. The molecule has 1 nitrogen and oxygen atoms in total. The SMILES string of the molecule is CCC(C)CCC(CC)OC. The van der Waals surface area contributed by atoms with E-state index >= 15 is 0 Å². The molecular weight excluding hydrogens is 136 g/mol. The molecule has 2 unspecified atom stereocenters. The van der Waals surface area contributed by atoms with Crippen molar-refractivity contribution in [3.63, 3.8) is 0 Å². The first-order valence-corrected chi connectivity index (χ1v) is 4.77. The van der Waals surface area contributed by atoms with E-state index in [1.807, 2.05) is 7.11 Å². The molecule has 0 bridgehead atoms. The third-order valence-electron chi connectivity index (χ3n) is 2.47. The van der Waals surface area contributed by atoms with Crippen molar-refractivity contribution in [3.8, 4) is 0 Å². The lowest BCUT2D eigenvalue weighted by Crippen LogP contribution is -2.10. The number of rotatable bonds is 6. The van der Waals surface area contributed by atoms with Crippen molar-refractivity contribution in [1.82, 2.24) is 0 Å².